The monoisotopic (exact) mass is 311 g/mol. The van der Waals surface area contributed by atoms with Crippen molar-refractivity contribution in [2.24, 2.45) is 0 Å². The van der Waals surface area contributed by atoms with Crippen LogP contribution in [0, 0.1) is 0 Å². The molecule has 1 aliphatic carbocycles. The number of aromatic nitrogens is 1. The lowest BCUT2D eigenvalue weighted by Crippen LogP contribution is -2.11. The number of thiophene rings is 1. The van der Waals surface area contributed by atoms with Crippen LogP contribution in [0.15, 0.2) is 34.0 Å². The number of anilines is 1. The maximum atomic E-state index is 12.4. The van der Waals surface area contributed by atoms with Gasteiger partial charge in [0.1, 0.15) is 4.90 Å². The molecule has 0 unspecified atom stereocenters. The van der Waals surface area contributed by atoms with Crippen molar-refractivity contribution in [1.29, 1.82) is 0 Å². The molecule has 7 heteroatoms. The van der Waals surface area contributed by atoms with Crippen molar-refractivity contribution in [2.45, 2.75) is 30.3 Å². The molecule has 2 aromatic rings. The number of hydrogen-bond acceptors (Lipinski definition) is 4. The van der Waals surface area contributed by atoms with Gasteiger partial charge in [0.05, 0.1) is 5.69 Å². The molecule has 0 spiro atoms. The van der Waals surface area contributed by atoms with E-state index in [-0.39, 0.29) is 0 Å². The maximum Gasteiger partial charge on any atom is 0.263 e. The normalized spacial score (nSPS) is 15.4. The number of nitrogens with zero attached hydrogens (tertiary/aromatic N) is 1. The lowest BCUT2D eigenvalue weighted by molar-refractivity contribution is 0.600. The van der Waals surface area contributed by atoms with Gasteiger partial charge in [0.2, 0.25) is 0 Å². The molecule has 0 atom stereocenters. The summed E-state index contributed by atoms with van der Waals surface area (Å²) in [6.45, 7) is 0.671. The lowest BCUT2D eigenvalue weighted by atomic mass is 10.4. The standard InChI is InChI=1S/C13H17N3O2S2/c1-14-7-12-6-13(8-16(12)11-2-3-11)20(17,18)15-10-4-5-19-9-10/h4-6,8-9,11,14-15H,2-3,7H2,1H3. The highest BCUT2D eigenvalue weighted by Crippen LogP contribution is 2.37. The number of rotatable bonds is 6. The van der Waals surface area contributed by atoms with Crippen molar-refractivity contribution in [3.8, 4) is 0 Å². The fraction of sp³-hybridized carbons (Fsp3) is 0.385. The molecular formula is C13H17N3O2S2. The molecule has 1 fully saturated rings. The molecule has 0 saturated heterocycles. The van der Waals surface area contributed by atoms with Crippen molar-refractivity contribution >= 4 is 27.0 Å². The third-order valence-corrected chi connectivity index (χ3v) is 5.32. The van der Waals surface area contributed by atoms with Crippen LogP contribution < -0.4 is 10.0 Å². The predicted octanol–water partition coefficient (Wildman–Crippen LogP) is 2.40. The highest BCUT2D eigenvalue weighted by atomic mass is 32.2. The summed E-state index contributed by atoms with van der Waals surface area (Å²) in [6, 6.07) is 3.97. The second-order valence-corrected chi connectivity index (χ2v) is 7.42. The maximum absolute atomic E-state index is 12.4. The SMILES string of the molecule is CNCc1cc(S(=O)(=O)Nc2ccsc2)cn1C1CC1. The van der Waals surface area contributed by atoms with E-state index >= 15 is 0 Å². The summed E-state index contributed by atoms with van der Waals surface area (Å²) in [6.07, 6.45) is 4.00. The summed E-state index contributed by atoms with van der Waals surface area (Å²) in [5, 5.41) is 6.71. The molecule has 0 radical (unpaired) electrons. The Kier molecular flexibility index (Phi) is 3.57. The van der Waals surface area contributed by atoms with Gasteiger partial charge in [-0.15, -0.1) is 0 Å². The van der Waals surface area contributed by atoms with E-state index in [9.17, 15) is 8.42 Å². The van der Waals surface area contributed by atoms with Crippen LogP contribution >= 0.6 is 11.3 Å². The van der Waals surface area contributed by atoms with Gasteiger partial charge >= 0.3 is 0 Å². The first-order valence-corrected chi connectivity index (χ1v) is 8.93. The van der Waals surface area contributed by atoms with Gasteiger partial charge in [-0.1, -0.05) is 0 Å². The largest absolute Gasteiger partial charge is 0.346 e. The van der Waals surface area contributed by atoms with Gasteiger partial charge in [-0.3, -0.25) is 4.72 Å². The van der Waals surface area contributed by atoms with Crippen LogP contribution in [0.4, 0.5) is 5.69 Å². The molecule has 0 bridgehead atoms. The zero-order valence-corrected chi connectivity index (χ0v) is 12.8. The van der Waals surface area contributed by atoms with Gasteiger partial charge in [-0.25, -0.2) is 8.42 Å². The fourth-order valence-electron chi connectivity index (χ4n) is 2.20. The molecular weight excluding hydrogens is 294 g/mol. The first kappa shape index (κ1) is 13.7. The lowest BCUT2D eigenvalue weighted by Gasteiger charge is -2.05. The summed E-state index contributed by atoms with van der Waals surface area (Å²) in [5.74, 6) is 0. The summed E-state index contributed by atoms with van der Waals surface area (Å²) in [4.78, 5) is 0.334. The average Bonchev–Trinajstić information content (AvgIpc) is 2.94. The fourth-order valence-corrected chi connectivity index (χ4v) is 3.96. The minimum atomic E-state index is -3.50. The van der Waals surface area contributed by atoms with Crippen molar-refractivity contribution in [3.05, 3.63) is 34.8 Å². The first-order chi connectivity index (χ1) is 9.60. The van der Waals surface area contributed by atoms with E-state index in [1.54, 1.807) is 23.7 Å². The summed E-state index contributed by atoms with van der Waals surface area (Å²) in [5.41, 5.74) is 1.63. The van der Waals surface area contributed by atoms with Crippen LogP contribution in [-0.2, 0) is 16.6 Å². The average molecular weight is 311 g/mol. The molecule has 0 amide bonds. The van der Waals surface area contributed by atoms with E-state index in [0.29, 0.717) is 23.2 Å². The van der Waals surface area contributed by atoms with Crippen molar-refractivity contribution < 1.29 is 8.42 Å². The Bertz CT molecular complexity index is 685. The van der Waals surface area contributed by atoms with Crippen LogP contribution in [0.2, 0.25) is 0 Å². The Balaban J connectivity index is 1.90. The van der Waals surface area contributed by atoms with Crippen molar-refractivity contribution in [1.82, 2.24) is 9.88 Å². The predicted molar refractivity (Wildman–Crippen MR) is 80.6 cm³/mol. The Labute approximate surface area is 122 Å². The minimum absolute atomic E-state index is 0.334. The third kappa shape index (κ3) is 2.74. The van der Waals surface area contributed by atoms with E-state index in [0.717, 1.165) is 18.5 Å². The molecule has 20 heavy (non-hydrogen) atoms. The van der Waals surface area contributed by atoms with Gasteiger partial charge < -0.3 is 9.88 Å². The van der Waals surface area contributed by atoms with Gasteiger partial charge in [0.25, 0.3) is 10.0 Å². The Hall–Kier alpha value is -1.31. The van der Waals surface area contributed by atoms with Gasteiger partial charge in [0.15, 0.2) is 0 Å². The topological polar surface area (TPSA) is 63.1 Å². The van der Waals surface area contributed by atoms with E-state index in [1.165, 1.54) is 11.3 Å². The van der Waals surface area contributed by atoms with Crippen LogP contribution in [0.25, 0.3) is 0 Å². The smallest absolute Gasteiger partial charge is 0.263 e. The molecule has 0 aromatic carbocycles. The molecule has 2 heterocycles. The Morgan fingerprint density at radius 3 is 2.85 bits per heavy atom. The number of sulfonamides is 1. The molecule has 3 rings (SSSR count). The van der Waals surface area contributed by atoms with Crippen LogP contribution in [0.1, 0.15) is 24.6 Å². The van der Waals surface area contributed by atoms with Gasteiger partial charge in [-0.2, -0.15) is 11.3 Å². The second-order valence-electron chi connectivity index (χ2n) is 4.95. The van der Waals surface area contributed by atoms with Crippen LogP contribution in [0.5, 0.6) is 0 Å². The van der Waals surface area contributed by atoms with E-state index < -0.39 is 10.0 Å². The van der Waals surface area contributed by atoms with Crippen molar-refractivity contribution in [2.75, 3.05) is 11.8 Å². The molecule has 5 nitrogen and oxygen atoms in total. The first-order valence-electron chi connectivity index (χ1n) is 6.50. The molecule has 108 valence electrons. The van der Waals surface area contributed by atoms with Crippen LogP contribution in [0.3, 0.4) is 0 Å². The zero-order valence-electron chi connectivity index (χ0n) is 11.2. The summed E-state index contributed by atoms with van der Waals surface area (Å²) >= 11 is 1.46. The van der Waals surface area contributed by atoms with E-state index in [2.05, 4.69) is 14.6 Å². The van der Waals surface area contributed by atoms with Crippen LogP contribution in [-0.4, -0.2) is 20.0 Å². The molecule has 0 aliphatic heterocycles. The van der Waals surface area contributed by atoms with Gasteiger partial charge in [0, 0.05) is 29.9 Å². The number of hydrogen-bond donors (Lipinski definition) is 2. The molecule has 2 N–H and O–H groups in total. The number of nitrogens with one attached hydrogen (secondary N) is 2. The Morgan fingerprint density at radius 2 is 2.25 bits per heavy atom. The summed E-state index contributed by atoms with van der Waals surface area (Å²) < 4.78 is 29.4. The summed E-state index contributed by atoms with van der Waals surface area (Å²) in [7, 11) is -1.64. The van der Waals surface area contributed by atoms with E-state index in [1.807, 2.05) is 12.4 Å². The minimum Gasteiger partial charge on any atom is -0.346 e. The second kappa shape index (κ2) is 5.23. The molecule has 1 aliphatic rings. The molecule has 1 saturated carbocycles. The van der Waals surface area contributed by atoms with Crippen molar-refractivity contribution in [3.63, 3.8) is 0 Å². The van der Waals surface area contributed by atoms with E-state index in [4.69, 9.17) is 0 Å². The zero-order chi connectivity index (χ0) is 14.2. The highest BCUT2D eigenvalue weighted by molar-refractivity contribution is 7.92. The van der Waals surface area contributed by atoms with Gasteiger partial charge in [-0.05, 0) is 37.4 Å². The quantitative estimate of drug-likeness (QED) is 0.861. The molecule has 2 aromatic heterocycles. The Morgan fingerprint density at radius 1 is 1.45 bits per heavy atom. The third-order valence-electron chi connectivity index (χ3n) is 3.29. The highest BCUT2D eigenvalue weighted by Gasteiger charge is 2.28.